The smallest absolute Gasteiger partial charge is 0.256 e. The molecule has 3 aromatic rings. The van der Waals surface area contributed by atoms with Gasteiger partial charge < -0.3 is 4.74 Å². The maximum absolute atomic E-state index is 11.5. The first-order chi connectivity index (χ1) is 15.6. The molecular formula is C26H26Cl2N2O2. The number of benzene rings is 3. The molecule has 1 aliphatic heterocycles. The van der Waals surface area contributed by atoms with E-state index >= 15 is 0 Å². The number of carbonyl (C=O) groups is 1. The molecule has 0 saturated carbocycles. The summed E-state index contributed by atoms with van der Waals surface area (Å²) >= 11 is 11.8. The van der Waals surface area contributed by atoms with Gasteiger partial charge in [0.25, 0.3) is 5.24 Å². The van der Waals surface area contributed by atoms with Crippen LogP contribution in [0.4, 0.5) is 0 Å². The van der Waals surface area contributed by atoms with Crippen molar-refractivity contribution in [2.24, 2.45) is 0 Å². The van der Waals surface area contributed by atoms with Gasteiger partial charge in [0.15, 0.2) is 0 Å². The van der Waals surface area contributed by atoms with Gasteiger partial charge in [0.2, 0.25) is 0 Å². The second-order valence-corrected chi connectivity index (χ2v) is 8.64. The highest BCUT2D eigenvalue weighted by Gasteiger charge is 2.26. The van der Waals surface area contributed by atoms with Crippen molar-refractivity contribution in [3.8, 4) is 5.75 Å². The van der Waals surface area contributed by atoms with Crippen LogP contribution < -0.4 is 4.74 Å². The molecule has 0 spiro atoms. The molecule has 0 aliphatic carbocycles. The Morgan fingerprint density at radius 2 is 1.47 bits per heavy atom. The van der Waals surface area contributed by atoms with Crippen molar-refractivity contribution in [2.75, 3.05) is 39.3 Å². The minimum absolute atomic E-state index is 0.202. The molecule has 166 valence electrons. The van der Waals surface area contributed by atoms with Crippen molar-refractivity contribution in [1.82, 2.24) is 9.80 Å². The van der Waals surface area contributed by atoms with E-state index < -0.39 is 5.24 Å². The van der Waals surface area contributed by atoms with Gasteiger partial charge in [-0.15, -0.1) is 0 Å². The molecular weight excluding hydrogens is 443 g/mol. The van der Waals surface area contributed by atoms with Gasteiger partial charge in [-0.05, 0) is 47.0 Å². The number of hydrogen-bond acceptors (Lipinski definition) is 4. The molecule has 1 unspecified atom stereocenters. The summed E-state index contributed by atoms with van der Waals surface area (Å²) in [6.07, 6.45) is 0. The molecule has 1 saturated heterocycles. The van der Waals surface area contributed by atoms with Crippen LogP contribution in [0.25, 0.3) is 0 Å². The van der Waals surface area contributed by atoms with Crippen LogP contribution in [0.15, 0.2) is 78.9 Å². The molecule has 4 rings (SSSR count). The minimum atomic E-state index is -0.497. The van der Waals surface area contributed by atoms with Gasteiger partial charge in [0, 0.05) is 37.7 Å². The predicted molar refractivity (Wildman–Crippen MR) is 130 cm³/mol. The molecule has 0 N–H and O–H groups in total. The van der Waals surface area contributed by atoms with Gasteiger partial charge >= 0.3 is 0 Å². The summed E-state index contributed by atoms with van der Waals surface area (Å²) in [5.74, 6) is 0.540. The Balaban J connectivity index is 1.36. The number of halogens is 2. The fourth-order valence-electron chi connectivity index (χ4n) is 4.18. The van der Waals surface area contributed by atoms with Crippen LogP contribution in [0.3, 0.4) is 0 Å². The Kier molecular flexibility index (Phi) is 7.82. The Bertz CT molecular complexity index is 1020. The highest BCUT2D eigenvalue weighted by Crippen LogP contribution is 2.30. The molecule has 32 heavy (non-hydrogen) atoms. The zero-order valence-electron chi connectivity index (χ0n) is 17.8. The van der Waals surface area contributed by atoms with Crippen molar-refractivity contribution >= 4 is 28.4 Å². The van der Waals surface area contributed by atoms with E-state index in [9.17, 15) is 4.79 Å². The topological polar surface area (TPSA) is 32.8 Å². The molecule has 0 radical (unpaired) electrons. The van der Waals surface area contributed by atoms with Crippen molar-refractivity contribution in [3.05, 3.63) is 101 Å². The van der Waals surface area contributed by atoms with E-state index in [0.29, 0.717) is 17.9 Å². The standard InChI is InChI=1S/C26H26Cl2N2O2/c27-22-12-10-21(11-13-22)25(20-6-2-1-3-7-20)30-16-14-29(15-17-30)18-19-32-24-9-5-4-8-23(24)26(28)31/h1-13,25H,14-19H2. The van der Waals surface area contributed by atoms with E-state index in [1.54, 1.807) is 18.2 Å². The summed E-state index contributed by atoms with van der Waals surface area (Å²) in [4.78, 5) is 16.5. The zero-order chi connectivity index (χ0) is 22.3. The number of rotatable bonds is 8. The molecule has 0 amide bonds. The Labute approximate surface area is 199 Å². The van der Waals surface area contributed by atoms with Crippen LogP contribution in [0, 0.1) is 0 Å². The summed E-state index contributed by atoms with van der Waals surface area (Å²) in [6, 6.07) is 26.1. The molecule has 3 aromatic carbocycles. The van der Waals surface area contributed by atoms with E-state index in [-0.39, 0.29) is 6.04 Å². The average molecular weight is 469 g/mol. The number of carbonyl (C=O) groups excluding carboxylic acids is 1. The first kappa shape index (κ1) is 22.8. The monoisotopic (exact) mass is 468 g/mol. The third kappa shape index (κ3) is 5.70. The SMILES string of the molecule is O=C(Cl)c1ccccc1OCCN1CCN(C(c2ccccc2)c2ccc(Cl)cc2)CC1. The zero-order valence-corrected chi connectivity index (χ0v) is 19.3. The number of hydrogen-bond donors (Lipinski definition) is 0. The third-order valence-electron chi connectivity index (χ3n) is 5.84. The number of ether oxygens (including phenoxy) is 1. The van der Waals surface area contributed by atoms with Crippen LogP contribution in [0.1, 0.15) is 27.5 Å². The van der Waals surface area contributed by atoms with Gasteiger partial charge in [0.1, 0.15) is 12.4 Å². The van der Waals surface area contributed by atoms with Crippen molar-refractivity contribution in [1.29, 1.82) is 0 Å². The lowest BCUT2D eigenvalue weighted by Crippen LogP contribution is -2.48. The highest BCUT2D eigenvalue weighted by molar-refractivity contribution is 6.68. The summed E-state index contributed by atoms with van der Waals surface area (Å²) in [6.45, 7) is 5.14. The van der Waals surface area contributed by atoms with Crippen LogP contribution in [0.5, 0.6) is 5.75 Å². The molecule has 1 aliphatic rings. The van der Waals surface area contributed by atoms with E-state index in [1.165, 1.54) is 11.1 Å². The Morgan fingerprint density at radius 1 is 0.844 bits per heavy atom. The Hall–Kier alpha value is -2.37. The largest absolute Gasteiger partial charge is 0.491 e. The molecule has 4 nitrogen and oxygen atoms in total. The lowest BCUT2D eigenvalue weighted by Gasteiger charge is -2.39. The normalized spacial score (nSPS) is 15.9. The fourth-order valence-corrected chi connectivity index (χ4v) is 4.46. The summed E-state index contributed by atoms with van der Waals surface area (Å²) < 4.78 is 5.85. The van der Waals surface area contributed by atoms with E-state index in [4.69, 9.17) is 27.9 Å². The van der Waals surface area contributed by atoms with E-state index in [2.05, 4.69) is 52.3 Å². The number of piperazine rings is 1. The van der Waals surface area contributed by atoms with Crippen LogP contribution in [0.2, 0.25) is 5.02 Å². The maximum Gasteiger partial charge on any atom is 0.256 e. The first-order valence-corrected chi connectivity index (χ1v) is 11.6. The number of nitrogens with zero attached hydrogens (tertiary/aromatic N) is 2. The van der Waals surface area contributed by atoms with Crippen molar-refractivity contribution in [2.45, 2.75) is 6.04 Å². The second-order valence-electron chi connectivity index (χ2n) is 7.86. The summed E-state index contributed by atoms with van der Waals surface area (Å²) in [7, 11) is 0. The molecule has 1 heterocycles. The maximum atomic E-state index is 11.5. The molecule has 1 atom stereocenters. The Morgan fingerprint density at radius 3 is 2.16 bits per heavy atom. The molecule has 1 fully saturated rings. The second kappa shape index (κ2) is 11.0. The van der Waals surface area contributed by atoms with Gasteiger partial charge in [0.05, 0.1) is 11.6 Å². The summed E-state index contributed by atoms with van der Waals surface area (Å²) in [5, 5.41) is 0.256. The number of para-hydroxylation sites is 1. The van der Waals surface area contributed by atoms with Gasteiger partial charge in [-0.2, -0.15) is 0 Å². The third-order valence-corrected chi connectivity index (χ3v) is 6.29. The van der Waals surface area contributed by atoms with Gasteiger partial charge in [-0.3, -0.25) is 14.6 Å². The average Bonchev–Trinajstić information content (AvgIpc) is 2.82. The molecule has 0 bridgehead atoms. The van der Waals surface area contributed by atoms with E-state index in [1.807, 2.05) is 18.2 Å². The lowest BCUT2D eigenvalue weighted by molar-refractivity contribution is 0.0970. The quantitative estimate of drug-likeness (QED) is 0.408. The van der Waals surface area contributed by atoms with Crippen LogP contribution >= 0.6 is 23.2 Å². The molecule has 6 heteroatoms. The fraction of sp³-hybridized carbons (Fsp3) is 0.269. The van der Waals surface area contributed by atoms with Crippen LogP contribution in [-0.2, 0) is 0 Å². The predicted octanol–water partition coefficient (Wildman–Crippen LogP) is 5.51. The molecule has 0 aromatic heterocycles. The summed E-state index contributed by atoms with van der Waals surface area (Å²) in [5.41, 5.74) is 2.95. The first-order valence-electron chi connectivity index (χ1n) is 10.8. The minimum Gasteiger partial charge on any atom is -0.491 e. The van der Waals surface area contributed by atoms with Gasteiger partial charge in [-0.25, -0.2) is 0 Å². The van der Waals surface area contributed by atoms with E-state index in [0.717, 1.165) is 37.7 Å². The highest BCUT2D eigenvalue weighted by atomic mass is 35.5. The van der Waals surface area contributed by atoms with Crippen LogP contribution in [-0.4, -0.2) is 54.4 Å². The lowest BCUT2D eigenvalue weighted by atomic mass is 9.96. The van der Waals surface area contributed by atoms with Crippen molar-refractivity contribution < 1.29 is 9.53 Å². The van der Waals surface area contributed by atoms with Crippen molar-refractivity contribution in [3.63, 3.8) is 0 Å². The van der Waals surface area contributed by atoms with Gasteiger partial charge in [-0.1, -0.05) is 66.2 Å².